The minimum atomic E-state index is -1.61. The number of carboxylic acids is 1. The van der Waals surface area contributed by atoms with E-state index in [1.54, 1.807) is 0 Å². The minimum absolute atomic E-state index is 0. The summed E-state index contributed by atoms with van der Waals surface area (Å²) in [4.78, 5) is 18.3. The zero-order chi connectivity index (χ0) is 8.73. The number of halogens is 1. The van der Waals surface area contributed by atoms with Crippen LogP contribution in [-0.2, 0) is 4.79 Å². The molecule has 0 spiro atoms. The second kappa shape index (κ2) is 9.97. The van der Waals surface area contributed by atoms with E-state index in [1.165, 1.54) is 6.92 Å². The van der Waals surface area contributed by atoms with Gasteiger partial charge in [-0.15, -0.1) is 0 Å². The van der Waals surface area contributed by atoms with E-state index in [2.05, 4.69) is 18.2 Å². The fourth-order valence-electron chi connectivity index (χ4n) is 0. The Hall–Kier alpha value is -0.0300. The van der Waals surface area contributed by atoms with E-state index in [0.29, 0.717) is 0 Å². The van der Waals surface area contributed by atoms with E-state index < -0.39 is 11.4 Å². The van der Waals surface area contributed by atoms with Crippen LogP contribution in [0, 0.1) is 0 Å². The number of hydrogen-bond donors (Lipinski definition) is 1. The molecule has 0 aromatic heterocycles. The Labute approximate surface area is 91.1 Å². The molecule has 1 N–H and O–H groups in total. The predicted octanol–water partition coefficient (Wildman–Crippen LogP) is -2.78. The fraction of sp³-hybridized carbons (Fsp3) is 0.200. The number of hydrogen-bond acceptors (Lipinski definition) is 3. The van der Waals surface area contributed by atoms with Crippen LogP contribution in [0.15, 0.2) is 12.2 Å². The maximum absolute atomic E-state index is 9.60. The second-order valence-electron chi connectivity index (χ2n) is 1.32. The van der Waals surface area contributed by atoms with E-state index in [1.807, 2.05) is 0 Å². The SMILES string of the molecule is C=C(C)C(=O)O.O=C([O-])Cl.[Na+]. The summed E-state index contributed by atoms with van der Waals surface area (Å²) < 4.78 is 0. The average molecular weight is 189 g/mol. The molecule has 0 amide bonds. The molecule has 4 nitrogen and oxygen atoms in total. The zero-order valence-electron chi connectivity index (χ0n) is 6.26. The maximum Gasteiger partial charge on any atom is 1.00 e. The third-order valence-electron chi connectivity index (χ3n) is 0.365. The number of rotatable bonds is 1. The van der Waals surface area contributed by atoms with Gasteiger partial charge in [-0.2, -0.15) is 0 Å². The molecule has 0 aliphatic heterocycles. The molecule has 0 aliphatic rings. The van der Waals surface area contributed by atoms with Gasteiger partial charge >= 0.3 is 35.5 Å². The first-order valence-electron chi connectivity index (χ1n) is 2.13. The zero-order valence-corrected chi connectivity index (χ0v) is 9.01. The van der Waals surface area contributed by atoms with Crippen molar-refractivity contribution in [1.82, 2.24) is 0 Å². The standard InChI is InChI=1S/C4H6O2.CHClO2.Na/c1-3(2)4(5)6;2-1(3)4;/h1H2,2H3,(H,5,6);(H,3,4);/q;;+1/p-1. The van der Waals surface area contributed by atoms with Gasteiger partial charge < -0.3 is 15.0 Å². The van der Waals surface area contributed by atoms with Gasteiger partial charge in [-0.3, -0.25) is 0 Å². The third-order valence-corrected chi connectivity index (χ3v) is 0.365. The smallest absolute Gasteiger partial charge is 0.534 e. The minimum Gasteiger partial charge on any atom is -0.534 e. The Bertz CT molecular complexity index is 141. The van der Waals surface area contributed by atoms with Gasteiger partial charge in [0, 0.05) is 5.57 Å². The number of carbonyl (C=O) groups excluding carboxylic acids is 1. The van der Waals surface area contributed by atoms with Gasteiger partial charge in [-0.05, 0) is 6.92 Å². The molecular weight excluding hydrogens is 182 g/mol. The average Bonchev–Trinajstić information content (AvgIpc) is 1.63. The fourth-order valence-corrected chi connectivity index (χ4v) is 0. The summed E-state index contributed by atoms with van der Waals surface area (Å²) in [7, 11) is 0. The van der Waals surface area contributed by atoms with Gasteiger partial charge in [-0.1, -0.05) is 18.2 Å². The molecule has 0 bridgehead atoms. The number of carbonyl (C=O) groups is 2. The first kappa shape index (κ1) is 17.2. The Morgan fingerprint density at radius 3 is 1.64 bits per heavy atom. The molecule has 6 heteroatoms. The topological polar surface area (TPSA) is 77.4 Å². The van der Waals surface area contributed by atoms with E-state index in [0.717, 1.165) is 0 Å². The van der Waals surface area contributed by atoms with Crippen LogP contribution < -0.4 is 34.7 Å². The predicted molar refractivity (Wildman–Crippen MR) is 33.7 cm³/mol. The Morgan fingerprint density at radius 1 is 1.55 bits per heavy atom. The van der Waals surface area contributed by atoms with Crippen molar-refractivity contribution < 1.29 is 49.4 Å². The molecule has 0 saturated heterocycles. The van der Waals surface area contributed by atoms with Crippen LogP contribution in [-0.4, -0.2) is 16.5 Å². The molecule has 58 valence electrons. The van der Waals surface area contributed by atoms with Crippen LogP contribution in [0.4, 0.5) is 4.79 Å². The molecule has 0 aromatic carbocycles. The molecule has 0 heterocycles. The van der Waals surface area contributed by atoms with Crippen LogP contribution in [0.3, 0.4) is 0 Å². The van der Waals surface area contributed by atoms with Gasteiger partial charge in [0.15, 0.2) is 0 Å². The molecule has 0 rings (SSSR count). The van der Waals surface area contributed by atoms with E-state index in [-0.39, 0.29) is 35.1 Å². The Morgan fingerprint density at radius 2 is 1.64 bits per heavy atom. The van der Waals surface area contributed by atoms with Gasteiger partial charge in [0.1, 0.15) is 5.43 Å². The van der Waals surface area contributed by atoms with Gasteiger partial charge in [0.25, 0.3) is 0 Å². The van der Waals surface area contributed by atoms with Crippen molar-refractivity contribution in [2.75, 3.05) is 0 Å². The van der Waals surface area contributed by atoms with Gasteiger partial charge in [-0.25, -0.2) is 4.79 Å². The van der Waals surface area contributed by atoms with Crippen molar-refractivity contribution in [3.05, 3.63) is 12.2 Å². The summed E-state index contributed by atoms with van der Waals surface area (Å²) in [6.45, 7) is 4.60. The summed E-state index contributed by atoms with van der Waals surface area (Å²) in [5.41, 5.74) is -1.44. The van der Waals surface area contributed by atoms with Crippen molar-refractivity contribution in [2.24, 2.45) is 0 Å². The second-order valence-corrected chi connectivity index (χ2v) is 1.63. The first-order chi connectivity index (χ1) is 4.37. The summed E-state index contributed by atoms with van der Waals surface area (Å²) in [5.74, 6) is -0.935. The Kier molecular flexibility index (Phi) is 15.6. The van der Waals surface area contributed by atoms with Crippen molar-refractivity contribution in [1.29, 1.82) is 0 Å². The van der Waals surface area contributed by atoms with Crippen LogP contribution in [0.25, 0.3) is 0 Å². The monoisotopic (exact) mass is 188 g/mol. The molecule has 11 heavy (non-hydrogen) atoms. The number of aliphatic carboxylic acids is 1. The van der Waals surface area contributed by atoms with E-state index in [9.17, 15) is 4.79 Å². The molecule has 0 aliphatic carbocycles. The van der Waals surface area contributed by atoms with Crippen LogP contribution in [0.5, 0.6) is 0 Å². The molecule has 0 atom stereocenters. The molecule has 0 fully saturated rings. The van der Waals surface area contributed by atoms with Crippen molar-refractivity contribution in [2.45, 2.75) is 6.92 Å². The van der Waals surface area contributed by atoms with Crippen LogP contribution in [0.2, 0.25) is 0 Å². The Balaban J connectivity index is -0.000000114. The van der Waals surface area contributed by atoms with Crippen LogP contribution in [0.1, 0.15) is 6.92 Å². The van der Waals surface area contributed by atoms with Gasteiger partial charge in [0.05, 0.1) is 0 Å². The first-order valence-corrected chi connectivity index (χ1v) is 2.51. The van der Waals surface area contributed by atoms with E-state index >= 15 is 0 Å². The van der Waals surface area contributed by atoms with Crippen LogP contribution >= 0.6 is 11.6 Å². The van der Waals surface area contributed by atoms with Gasteiger partial charge in [0.2, 0.25) is 0 Å². The van der Waals surface area contributed by atoms with Crippen molar-refractivity contribution >= 4 is 23.0 Å². The number of carboxylic acid groups (broad SMARTS) is 2. The summed E-state index contributed by atoms with van der Waals surface area (Å²) in [6.07, 6.45) is 0. The summed E-state index contributed by atoms with van der Waals surface area (Å²) >= 11 is 4.08. The largest absolute Gasteiger partial charge is 1.00 e. The maximum atomic E-state index is 9.60. The van der Waals surface area contributed by atoms with E-state index in [4.69, 9.17) is 15.0 Å². The molecule has 0 radical (unpaired) electrons. The molecular formula is C5H6ClNaO4. The summed E-state index contributed by atoms with van der Waals surface area (Å²) in [6, 6.07) is 0. The molecule has 0 aromatic rings. The van der Waals surface area contributed by atoms with Crippen molar-refractivity contribution in [3.8, 4) is 0 Å². The summed E-state index contributed by atoms with van der Waals surface area (Å²) in [5, 5.41) is 16.5. The normalized spacial score (nSPS) is 6.36. The third kappa shape index (κ3) is 40.2. The quantitative estimate of drug-likeness (QED) is 0.274. The van der Waals surface area contributed by atoms with Crippen molar-refractivity contribution in [3.63, 3.8) is 0 Å². The molecule has 0 unspecified atom stereocenters. The molecule has 0 saturated carbocycles.